The van der Waals surface area contributed by atoms with Crippen molar-refractivity contribution in [2.24, 2.45) is 0 Å². The van der Waals surface area contributed by atoms with Gasteiger partial charge in [0.1, 0.15) is 0 Å². The molecular weight excluding hydrogens is 124 g/mol. The van der Waals surface area contributed by atoms with Crippen LogP contribution in [0.15, 0.2) is 6.20 Å². The first kappa shape index (κ1) is 7.32. The van der Waals surface area contributed by atoms with Gasteiger partial charge >= 0.3 is 0 Å². The first-order valence-corrected chi connectivity index (χ1v) is 3.80. The van der Waals surface area contributed by atoms with Crippen molar-refractivity contribution in [2.75, 3.05) is 0 Å². The first-order chi connectivity index (χ1) is 4.77. The number of aromatic nitrogens is 2. The van der Waals surface area contributed by atoms with Crippen LogP contribution < -0.4 is 0 Å². The molecule has 0 aliphatic heterocycles. The highest BCUT2D eigenvalue weighted by atomic mass is 15.3. The Kier molecular flexibility index (Phi) is 2.10. The van der Waals surface area contributed by atoms with Crippen LogP contribution in [0.25, 0.3) is 0 Å². The Balaban J connectivity index is 2.92. The van der Waals surface area contributed by atoms with Crippen LogP contribution in [0.1, 0.15) is 25.1 Å². The van der Waals surface area contributed by atoms with Crippen molar-refractivity contribution in [2.45, 2.75) is 33.7 Å². The lowest BCUT2D eigenvalue weighted by Gasteiger charge is -1.89. The fourth-order valence-corrected chi connectivity index (χ4v) is 1.07. The van der Waals surface area contributed by atoms with Gasteiger partial charge in [-0.3, -0.25) is 4.68 Å². The Hall–Kier alpha value is -0.790. The maximum absolute atomic E-state index is 4.32. The van der Waals surface area contributed by atoms with Crippen LogP contribution in [-0.4, -0.2) is 9.78 Å². The summed E-state index contributed by atoms with van der Waals surface area (Å²) in [5.74, 6) is 0. The van der Waals surface area contributed by atoms with E-state index in [9.17, 15) is 0 Å². The Morgan fingerprint density at radius 3 is 2.50 bits per heavy atom. The molecule has 0 aliphatic carbocycles. The van der Waals surface area contributed by atoms with Gasteiger partial charge in [0.25, 0.3) is 0 Å². The maximum Gasteiger partial charge on any atom is 0.0625 e. The molecule has 0 fully saturated rings. The summed E-state index contributed by atoms with van der Waals surface area (Å²) >= 11 is 0. The molecule has 0 spiro atoms. The van der Waals surface area contributed by atoms with Crippen molar-refractivity contribution < 1.29 is 0 Å². The Bertz CT molecular complexity index is 213. The number of aryl methyl sites for hydroxylation is 3. The summed E-state index contributed by atoms with van der Waals surface area (Å²) in [7, 11) is 0. The van der Waals surface area contributed by atoms with Crippen LogP contribution in [0.5, 0.6) is 0 Å². The van der Waals surface area contributed by atoms with Gasteiger partial charge in [0.2, 0.25) is 0 Å². The van der Waals surface area contributed by atoms with Crippen LogP contribution in [0, 0.1) is 6.92 Å². The van der Waals surface area contributed by atoms with Crippen molar-refractivity contribution in [3.8, 4) is 0 Å². The standard InChI is InChI=1S/C8H14N2/c1-4-8-6-10(5-2)9-7(8)3/h6H,4-5H2,1-3H3. The molecule has 1 rings (SSSR count). The second-order valence-corrected chi connectivity index (χ2v) is 2.45. The molecule has 2 heteroatoms. The molecule has 2 nitrogen and oxygen atoms in total. The van der Waals surface area contributed by atoms with E-state index < -0.39 is 0 Å². The highest BCUT2D eigenvalue weighted by molar-refractivity contribution is 5.14. The second-order valence-electron chi connectivity index (χ2n) is 2.45. The summed E-state index contributed by atoms with van der Waals surface area (Å²) in [6, 6.07) is 0. The lowest BCUT2D eigenvalue weighted by Crippen LogP contribution is -1.93. The molecule has 0 amide bonds. The monoisotopic (exact) mass is 138 g/mol. The van der Waals surface area contributed by atoms with Crippen molar-refractivity contribution in [3.63, 3.8) is 0 Å². The van der Waals surface area contributed by atoms with Crippen molar-refractivity contribution in [3.05, 3.63) is 17.5 Å². The number of nitrogens with zero attached hydrogens (tertiary/aromatic N) is 2. The Morgan fingerprint density at radius 1 is 1.50 bits per heavy atom. The normalized spacial score (nSPS) is 10.3. The van der Waals surface area contributed by atoms with E-state index in [4.69, 9.17) is 0 Å². The molecule has 1 aromatic heterocycles. The number of rotatable bonds is 2. The molecule has 0 radical (unpaired) electrons. The summed E-state index contributed by atoms with van der Waals surface area (Å²) in [5.41, 5.74) is 2.53. The molecule has 0 aliphatic rings. The van der Waals surface area contributed by atoms with E-state index in [1.54, 1.807) is 0 Å². The Labute approximate surface area is 61.9 Å². The summed E-state index contributed by atoms with van der Waals surface area (Å²) < 4.78 is 1.98. The van der Waals surface area contributed by atoms with E-state index in [2.05, 4.69) is 32.1 Å². The topological polar surface area (TPSA) is 17.8 Å². The van der Waals surface area contributed by atoms with Gasteiger partial charge in [-0.1, -0.05) is 6.92 Å². The molecule has 0 unspecified atom stereocenters. The zero-order chi connectivity index (χ0) is 7.56. The summed E-state index contributed by atoms with van der Waals surface area (Å²) in [5, 5.41) is 4.32. The third-order valence-electron chi connectivity index (χ3n) is 1.75. The van der Waals surface area contributed by atoms with E-state index in [1.807, 2.05) is 4.68 Å². The molecule has 0 saturated heterocycles. The van der Waals surface area contributed by atoms with E-state index in [0.29, 0.717) is 0 Å². The molecular formula is C8H14N2. The lowest BCUT2D eigenvalue weighted by molar-refractivity contribution is 0.653. The summed E-state index contributed by atoms with van der Waals surface area (Å²) in [4.78, 5) is 0. The largest absolute Gasteiger partial charge is 0.272 e. The van der Waals surface area contributed by atoms with E-state index in [-0.39, 0.29) is 0 Å². The number of hydrogen-bond donors (Lipinski definition) is 0. The third-order valence-corrected chi connectivity index (χ3v) is 1.75. The molecule has 0 atom stereocenters. The van der Waals surface area contributed by atoms with Gasteiger partial charge < -0.3 is 0 Å². The average molecular weight is 138 g/mol. The first-order valence-electron chi connectivity index (χ1n) is 3.80. The lowest BCUT2D eigenvalue weighted by atomic mass is 10.2. The average Bonchev–Trinajstić information content (AvgIpc) is 2.30. The van der Waals surface area contributed by atoms with E-state index in [0.717, 1.165) is 13.0 Å². The third kappa shape index (κ3) is 1.20. The van der Waals surface area contributed by atoms with Crippen LogP contribution in [-0.2, 0) is 13.0 Å². The predicted octanol–water partition coefficient (Wildman–Crippen LogP) is 1.77. The van der Waals surface area contributed by atoms with Crippen LogP contribution >= 0.6 is 0 Å². The second kappa shape index (κ2) is 2.86. The molecule has 0 saturated carbocycles. The minimum Gasteiger partial charge on any atom is -0.272 e. The zero-order valence-electron chi connectivity index (χ0n) is 6.89. The van der Waals surface area contributed by atoms with Gasteiger partial charge in [0.15, 0.2) is 0 Å². The highest BCUT2D eigenvalue weighted by Crippen LogP contribution is 2.05. The zero-order valence-corrected chi connectivity index (χ0v) is 6.89. The van der Waals surface area contributed by atoms with Crippen molar-refractivity contribution in [1.29, 1.82) is 0 Å². The number of hydrogen-bond acceptors (Lipinski definition) is 1. The molecule has 0 bridgehead atoms. The molecule has 10 heavy (non-hydrogen) atoms. The molecule has 1 heterocycles. The summed E-state index contributed by atoms with van der Waals surface area (Å²) in [6.45, 7) is 7.29. The van der Waals surface area contributed by atoms with Crippen LogP contribution in [0.3, 0.4) is 0 Å². The van der Waals surface area contributed by atoms with E-state index >= 15 is 0 Å². The van der Waals surface area contributed by atoms with Gasteiger partial charge in [-0.2, -0.15) is 5.10 Å². The smallest absolute Gasteiger partial charge is 0.0625 e. The van der Waals surface area contributed by atoms with Gasteiger partial charge in [0, 0.05) is 12.7 Å². The molecule has 0 N–H and O–H groups in total. The maximum atomic E-state index is 4.32. The molecule has 0 aromatic carbocycles. The fourth-order valence-electron chi connectivity index (χ4n) is 1.07. The minimum atomic E-state index is 0.973. The van der Waals surface area contributed by atoms with Gasteiger partial charge in [0.05, 0.1) is 5.69 Å². The SMILES string of the molecule is CCc1cn(CC)nc1C. The van der Waals surface area contributed by atoms with E-state index in [1.165, 1.54) is 11.3 Å². The quantitative estimate of drug-likeness (QED) is 0.609. The Morgan fingerprint density at radius 2 is 2.20 bits per heavy atom. The highest BCUT2D eigenvalue weighted by Gasteiger charge is 1.99. The molecule has 56 valence electrons. The van der Waals surface area contributed by atoms with Gasteiger partial charge in [-0.05, 0) is 25.8 Å². The van der Waals surface area contributed by atoms with Gasteiger partial charge in [-0.15, -0.1) is 0 Å². The van der Waals surface area contributed by atoms with Crippen LogP contribution in [0.4, 0.5) is 0 Å². The predicted molar refractivity (Wildman–Crippen MR) is 42.0 cm³/mol. The van der Waals surface area contributed by atoms with Crippen LogP contribution in [0.2, 0.25) is 0 Å². The van der Waals surface area contributed by atoms with Gasteiger partial charge in [-0.25, -0.2) is 0 Å². The summed E-state index contributed by atoms with van der Waals surface area (Å²) in [6.07, 6.45) is 3.21. The van der Waals surface area contributed by atoms with Crippen molar-refractivity contribution >= 4 is 0 Å². The minimum absolute atomic E-state index is 0.973. The fraction of sp³-hybridized carbons (Fsp3) is 0.625. The van der Waals surface area contributed by atoms with Crippen molar-refractivity contribution in [1.82, 2.24) is 9.78 Å². The molecule has 1 aromatic rings.